The molecule has 1 aliphatic heterocycles. The molecule has 1 fully saturated rings. The van der Waals surface area contributed by atoms with E-state index in [9.17, 15) is 19.5 Å². The third-order valence-corrected chi connectivity index (χ3v) is 5.54. The number of benzene rings is 3. The number of ether oxygens (including phenoxy) is 2. The minimum Gasteiger partial charge on any atom is -0.507 e. The molecule has 1 aliphatic rings. The van der Waals surface area contributed by atoms with Crippen LogP contribution in [0.25, 0.3) is 5.76 Å². The first-order valence-electron chi connectivity index (χ1n) is 10.3. The van der Waals surface area contributed by atoms with Crippen molar-refractivity contribution in [3.63, 3.8) is 0 Å². The minimum absolute atomic E-state index is 0.116. The molecule has 4 rings (SSSR count). The Bertz CT molecular complexity index is 1330. The van der Waals surface area contributed by atoms with Crippen LogP contribution < -0.4 is 14.4 Å². The summed E-state index contributed by atoms with van der Waals surface area (Å²) in [6.07, 6.45) is 0. The Balaban J connectivity index is 1.95. The summed E-state index contributed by atoms with van der Waals surface area (Å²) < 4.78 is 10.5. The first-order valence-corrected chi connectivity index (χ1v) is 10.7. The number of nitrogens with zero attached hydrogens (tertiary/aromatic N) is 1. The SMILES string of the molecule is COc1cccc(N2C(=O)C(=O)/C(=C(/O)c3cccc(Cl)c3)C2c2cccc(OC(C)=O)c2)c1. The lowest BCUT2D eigenvalue weighted by Crippen LogP contribution is -2.29. The number of hydrogen-bond donors (Lipinski definition) is 1. The molecule has 1 unspecified atom stereocenters. The van der Waals surface area contributed by atoms with Crippen LogP contribution in [-0.4, -0.2) is 29.9 Å². The van der Waals surface area contributed by atoms with Crippen LogP contribution in [0.15, 0.2) is 78.4 Å². The van der Waals surface area contributed by atoms with E-state index in [4.69, 9.17) is 21.1 Å². The molecule has 3 aromatic rings. The second-order valence-electron chi connectivity index (χ2n) is 7.55. The summed E-state index contributed by atoms with van der Waals surface area (Å²) in [5.74, 6) is -1.83. The van der Waals surface area contributed by atoms with E-state index < -0.39 is 23.7 Å². The molecule has 0 aromatic heterocycles. The van der Waals surface area contributed by atoms with Gasteiger partial charge in [0.15, 0.2) is 0 Å². The van der Waals surface area contributed by atoms with Gasteiger partial charge in [0.25, 0.3) is 11.7 Å². The monoisotopic (exact) mass is 477 g/mol. The number of rotatable bonds is 5. The van der Waals surface area contributed by atoms with Gasteiger partial charge in [0.05, 0.1) is 18.7 Å². The molecular weight excluding hydrogens is 458 g/mol. The Hall–Kier alpha value is -4.10. The smallest absolute Gasteiger partial charge is 0.308 e. The number of anilines is 1. The number of aliphatic hydroxyl groups is 1. The molecule has 0 bridgehead atoms. The van der Waals surface area contributed by atoms with Crippen molar-refractivity contribution in [1.82, 2.24) is 0 Å². The molecule has 1 N–H and O–H groups in total. The molecular formula is C26H20ClNO6. The van der Waals surface area contributed by atoms with Gasteiger partial charge in [-0.25, -0.2) is 0 Å². The normalized spacial score (nSPS) is 17.0. The Morgan fingerprint density at radius 1 is 0.971 bits per heavy atom. The van der Waals surface area contributed by atoms with Crippen LogP contribution >= 0.6 is 11.6 Å². The van der Waals surface area contributed by atoms with Gasteiger partial charge in [-0.3, -0.25) is 19.3 Å². The Morgan fingerprint density at radius 2 is 1.68 bits per heavy atom. The number of esters is 1. The number of carbonyl (C=O) groups is 3. The van der Waals surface area contributed by atoms with Gasteiger partial charge in [0, 0.05) is 29.3 Å². The Labute approximate surface area is 200 Å². The summed E-state index contributed by atoms with van der Waals surface area (Å²) in [5.41, 5.74) is 1.03. The van der Waals surface area contributed by atoms with E-state index in [1.165, 1.54) is 25.0 Å². The molecule has 0 radical (unpaired) electrons. The quantitative estimate of drug-likeness (QED) is 0.185. The van der Waals surface area contributed by atoms with E-state index in [1.807, 2.05) is 0 Å². The Morgan fingerprint density at radius 3 is 2.38 bits per heavy atom. The van der Waals surface area contributed by atoms with E-state index in [1.54, 1.807) is 66.7 Å². The van der Waals surface area contributed by atoms with E-state index in [0.717, 1.165) is 0 Å². The van der Waals surface area contributed by atoms with Crippen molar-refractivity contribution in [3.8, 4) is 11.5 Å². The van der Waals surface area contributed by atoms with Crippen LogP contribution in [-0.2, 0) is 14.4 Å². The summed E-state index contributed by atoms with van der Waals surface area (Å²) in [5, 5.41) is 11.5. The summed E-state index contributed by atoms with van der Waals surface area (Å²) >= 11 is 6.08. The second kappa shape index (κ2) is 9.41. The highest BCUT2D eigenvalue weighted by molar-refractivity contribution is 6.51. The number of methoxy groups -OCH3 is 1. The summed E-state index contributed by atoms with van der Waals surface area (Å²) in [6.45, 7) is 1.27. The van der Waals surface area contributed by atoms with Gasteiger partial charge in [-0.05, 0) is 42.0 Å². The molecule has 0 aliphatic carbocycles. The lowest BCUT2D eigenvalue weighted by molar-refractivity contribution is -0.132. The molecule has 0 spiro atoms. The summed E-state index contributed by atoms with van der Waals surface area (Å²) in [4.78, 5) is 39.2. The lowest BCUT2D eigenvalue weighted by atomic mass is 9.95. The molecule has 7 nitrogen and oxygen atoms in total. The van der Waals surface area contributed by atoms with Crippen molar-refractivity contribution in [3.05, 3.63) is 94.5 Å². The predicted octanol–water partition coefficient (Wildman–Crippen LogP) is 4.90. The number of halogens is 1. The maximum Gasteiger partial charge on any atom is 0.308 e. The first kappa shape index (κ1) is 23.1. The van der Waals surface area contributed by atoms with Gasteiger partial charge < -0.3 is 14.6 Å². The zero-order valence-electron chi connectivity index (χ0n) is 18.3. The highest BCUT2D eigenvalue weighted by Gasteiger charge is 2.47. The number of aliphatic hydroxyl groups excluding tert-OH is 1. The van der Waals surface area contributed by atoms with Crippen molar-refractivity contribution in [2.75, 3.05) is 12.0 Å². The average molecular weight is 478 g/mol. The zero-order chi connectivity index (χ0) is 24.4. The first-order chi connectivity index (χ1) is 16.3. The number of ketones is 1. The van der Waals surface area contributed by atoms with Crippen molar-refractivity contribution in [2.45, 2.75) is 13.0 Å². The standard InChI is InChI=1S/C26H20ClNO6/c1-15(29)34-21-11-4-6-16(13-21)23-22(24(30)17-7-3-8-18(27)12-17)25(31)26(32)28(23)19-9-5-10-20(14-19)33-2/h3-14,23,30H,1-2H3/b24-22+. The van der Waals surface area contributed by atoms with Gasteiger partial charge in [-0.2, -0.15) is 0 Å². The van der Waals surface area contributed by atoms with Crippen molar-refractivity contribution >= 4 is 40.7 Å². The zero-order valence-corrected chi connectivity index (χ0v) is 19.1. The van der Waals surface area contributed by atoms with Crippen LogP contribution in [0.5, 0.6) is 11.5 Å². The van der Waals surface area contributed by atoms with Gasteiger partial charge in [0.1, 0.15) is 17.3 Å². The molecule has 1 atom stereocenters. The third kappa shape index (κ3) is 4.38. The number of carbonyl (C=O) groups excluding carboxylic acids is 3. The maximum absolute atomic E-state index is 13.2. The van der Waals surface area contributed by atoms with Crippen LogP contribution in [0, 0.1) is 0 Å². The van der Waals surface area contributed by atoms with E-state index >= 15 is 0 Å². The molecule has 1 amide bonds. The van der Waals surface area contributed by atoms with Gasteiger partial charge in [-0.1, -0.05) is 41.9 Å². The molecule has 1 heterocycles. The van der Waals surface area contributed by atoms with Crippen molar-refractivity contribution in [1.29, 1.82) is 0 Å². The second-order valence-corrected chi connectivity index (χ2v) is 7.98. The van der Waals surface area contributed by atoms with Gasteiger partial charge in [-0.15, -0.1) is 0 Å². The molecule has 3 aromatic carbocycles. The molecule has 34 heavy (non-hydrogen) atoms. The molecule has 0 saturated carbocycles. The van der Waals surface area contributed by atoms with Crippen LogP contribution in [0.4, 0.5) is 5.69 Å². The number of hydrogen-bond acceptors (Lipinski definition) is 6. The highest BCUT2D eigenvalue weighted by Crippen LogP contribution is 2.43. The van der Waals surface area contributed by atoms with Crippen LogP contribution in [0.3, 0.4) is 0 Å². The maximum atomic E-state index is 13.2. The third-order valence-electron chi connectivity index (χ3n) is 5.31. The predicted molar refractivity (Wildman–Crippen MR) is 127 cm³/mol. The molecule has 8 heteroatoms. The molecule has 1 saturated heterocycles. The fourth-order valence-corrected chi connectivity index (χ4v) is 4.07. The van der Waals surface area contributed by atoms with Crippen molar-refractivity contribution < 1.29 is 29.0 Å². The largest absolute Gasteiger partial charge is 0.507 e. The van der Waals surface area contributed by atoms with Crippen molar-refractivity contribution in [2.24, 2.45) is 0 Å². The van der Waals surface area contributed by atoms with E-state index in [0.29, 0.717) is 22.0 Å². The Kier molecular flexibility index (Phi) is 6.38. The highest BCUT2D eigenvalue weighted by atomic mass is 35.5. The van der Waals surface area contributed by atoms with E-state index in [-0.39, 0.29) is 22.6 Å². The fraction of sp³-hybridized carbons (Fsp3) is 0.115. The fourth-order valence-electron chi connectivity index (χ4n) is 3.88. The number of Topliss-reactive ketones (excluding diaryl/α,β-unsaturated/α-hetero) is 1. The number of amides is 1. The average Bonchev–Trinajstić information content (AvgIpc) is 3.09. The van der Waals surface area contributed by atoms with Gasteiger partial charge >= 0.3 is 5.97 Å². The van der Waals surface area contributed by atoms with Crippen LogP contribution in [0.1, 0.15) is 24.1 Å². The van der Waals surface area contributed by atoms with E-state index in [2.05, 4.69) is 0 Å². The summed E-state index contributed by atoms with van der Waals surface area (Å²) in [6, 6.07) is 18.5. The topological polar surface area (TPSA) is 93.1 Å². The summed E-state index contributed by atoms with van der Waals surface area (Å²) in [7, 11) is 1.49. The minimum atomic E-state index is -0.999. The lowest BCUT2D eigenvalue weighted by Gasteiger charge is -2.26. The van der Waals surface area contributed by atoms with Crippen LogP contribution in [0.2, 0.25) is 5.02 Å². The van der Waals surface area contributed by atoms with Gasteiger partial charge in [0.2, 0.25) is 0 Å². The molecule has 172 valence electrons.